The fourth-order valence-corrected chi connectivity index (χ4v) is 3.60. The van der Waals surface area contributed by atoms with Crippen molar-refractivity contribution in [3.63, 3.8) is 0 Å². The number of aromatic amines is 1. The average molecular weight is 241 g/mol. The molecule has 1 atom stereocenters. The van der Waals surface area contributed by atoms with Crippen molar-refractivity contribution in [3.05, 3.63) is 35.0 Å². The summed E-state index contributed by atoms with van der Waals surface area (Å²) in [6, 6.07) is 6.74. The Bertz CT molecular complexity index is 605. The molecule has 0 aliphatic carbocycles. The van der Waals surface area contributed by atoms with E-state index >= 15 is 0 Å². The van der Waals surface area contributed by atoms with Gasteiger partial charge < -0.3 is 15.6 Å². The lowest BCUT2D eigenvalue weighted by Crippen LogP contribution is -2.48. The minimum Gasteiger partial charge on any atom is -0.357 e. The Labute approximate surface area is 107 Å². The first-order valence-corrected chi connectivity index (χ1v) is 6.86. The third-order valence-corrected chi connectivity index (χ3v) is 4.53. The van der Waals surface area contributed by atoms with Crippen molar-refractivity contribution in [2.45, 2.75) is 25.3 Å². The van der Waals surface area contributed by atoms with Crippen molar-refractivity contribution in [1.29, 1.82) is 0 Å². The summed E-state index contributed by atoms with van der Waals surface area (Å²) in [6.45, 7) is 5.43. The number of fused-ring (bicyclic) bond motifs is 4. The van der Waals surface area contributed by atoms with Gasteiger partial charge in [-0.15, -0.1) is 0 Å². The van der Waals surface area contributed by atoms with E-state index in [9.17, 15) is 0 Å². The minimum atomic E-state index is 0.153. The van der Waals surface area contributed by atoms with Crippen molar-refractivity contribution in [2.75, 3.05) is 19.6 Å². The molecule has 18 heavy (non-hydrogen) atoms. The summed E-state index contributed by atoms with van der Waals surface area (Å²) in [5.41, 5.74) is 5.76. The maximum atomic E-state index is 3.73. The van der Waals surface area contributed by atoms with Gasteiger partial charge in [-0.05, 0) is 44.0 Å². The topological polar surface area (TPSA) is 39.9 Å². The Morgan fingerprint density at radius 2 is 2.17 bits per heavy atom. The van der Waals surface area contributed by atoms with Gasteiger partial charge in [0.05, 0.1) is 5.54 Å². The molecule has 3 N–H and O–H groups in total. The molecule has 1 spiro atoms. The van der Waals surface area contributed by atoms with Gasteiger partial charge in [0.2, 0.25) is 0 Å². The molecule has 0 radical (unpaired) electrons. The van der Waals surface area contributed by atoms with Gasteiger partial charge in [-0.2, -0.15) is 0 Å². The second-order valence-corrected chi connectivity index (χ2v) is 5.71. The molecule has 1 aromatic heterocycles. The summed E-state index contributed by atoms with van der Waals surface area (Å²) in [5.74, 6) is 0. The van der Waals surface area contributed by atoms with Gasteiger partial charge >= 0.3 is 0 Å². The molecule has 1 unspecified atom stereocenters. The van der Waals surface area contributed by atoms with E-state index in [4.69, 9.17) is 0 Å². The number of nitrogens with one attached hydrogen (secondary N) is 3. The molecule has 2 aromatic rings. The van der Waals surface area contributed by atoms with E-state index in [1.807, 2.05) is 0 Å². The Balaban J connectivity index is 1.98. The molecule has 94 valence electrons. The van der Waals surface area contributed by atoms with Gasteiger partial charge in [-0.1, -0.05) is 11.6 Å². The van der Waals surface area contributed by atoms with Crippen LogP contribution in [-0.2, 0) is 12.0 Å². The summed E-state index contributed by atoms with van der Waals surface area (Å²) in [4.78, 5) is 3.67. The van der Waals surface area contributed by atoms with Crippen molar-refractivity contribution in [3.8, 4) is 0 Å². The van der Waals surface area contributed by atoms with E-state index in [0.717, 1.165) is 26.1 Å². The van der Waals surface area contributed by atoms with E-state index in [-0.39, 0.29) is 5.54 Å². The van der Waals surface area contributed by atoms with Gasteiger partial charge in [0, 0.05) is 29.7 Å². The smallest absolute Gasteiger partial charge is 0.0727 e. The maximum absolute atomic E-state index is 3.73. The van der Waals surface area contributed by atoms with E-state index in [0.29, 0.717) is 0 Å². The third-order valence-electron chi connectivity index (χ3n) is 4.53. The van der Waals surface area contributed by atoms with Gasteiger partial charge in [-0.3, -0.25) is 0 Å². The summed E-state index contributed by atoms with van der Waals surface area (Å²) in [6.07, 6.45) is 2.33. The molecule has 3 heterocycles. The monoisotopic (exact) mass is 241 g/mol. The molecule has 1 saturated heterocycles. The van der Waals surface area contributed by atoms with E-state index < -0.39 is 0 Å². The zero-order valence-corrected chi connectivity index (χ0v) is 10.8. The van der Waals surface area contributed by atoms with Crippen LogP contribution in [0.3, 0.4) is 0 Å². The van der Waals surface area contributed by atoms with Gasteiger partial charge in [0.1, 0.15) is 0 Å². The summed E-state index contributed by atoms with van der Waals surface area (Å²) in [7, 11) is 0. The van der Waals surface area contributed by atoms with E-state index in [1.165, 1.54) is 34.1 Å². The van der Waals surface area contributed by atoms with Crippen LogP contribution in [0, 0.1) is 6.92 Å². The number of aromatic nitrogens is 1. The normalized spacial score (nSPS) is 26.9. The molecule has 0 amide bonds. The van der Waals surface area contributed by atoms with Gasteiger partial charge in [-0.25, -0.2) is 0 Å². The third kappa shape index (κ3) is 1.32. The number of benzene rings is 1. The number of rotatable bonds is 0. The molecule has 0 bridgehead atoms. The molecule has 3 nitrogen and oxygen atoms in total. The molecule has 1 aromatic carbocycles. The predicted octanol–water partition coefficient (Wildman–Crippen LogP) is 1.81. The lowest BCUT2D eigenvalue weighted by atomic mass is 9.86. The SMILES string of the molecule is Cc1ccc2[nH]c3c(c2c1)CCNC31CCNC1. The first-order chi connectivity index (χ1) is 8.78. The number of H-pyrrole nitrogens is 1. The van der Waals surface area contributed by atoms with Crippen molar-refractivity contribution in [2.24, 2.45) is 0 Å². The highest BCUT2D eigenvalue weighted by Crippen LogP contribution is 2.37. The first-order valence-electron chi connectivity index (χ1n) is 6.86. The fourth-order valence-electron chi connectivity index (χ4n) is 3.60. The summed E-state index contributed by atoms with van der Waals surface area (Å²) >= 11 is 0. The van der Waals surface area contributed by atoms with Gasteiger partial charge in [0.15, 0.2) is 0 Å². The Morgan fingerprint density at radius 1 is 1.22 bits per heavy atom. The van der Waals surface area contributed by atoms with Crippen LogP contribution in [0.1, 0.15) is 23.2 Å². The Hall–Kier alpha value is -1.32. The molecule has 2 aliphatic heterocycles. The molecule has 1 fully saturated rings. The van der Waals surface area contributed by atoms with Gasteiger partial charge in [0.25, 0.3) is 0 Å². The fraction of sp³-hybridized carbons (Fsp3) is 0.467. The molecule has 3 heteroatoms. The summed E-state index contributed by atoms with van der Waals surface area (Å²) in [5, 5.41) is 8.66. The van der Waals surface area contributed by atoms with E-state index in [2.05, 4.69) is 40.7 Å². The second-order valence-electron chi connectivity index (χ2n) is 5.71. The molecule has 2 aliphatic rings. The van der Waals surface area contributed by atoms with Crippen molar-refractivity contribution < 1.29 is 0 Å². The highest BCUT2D eigenvalue weighted by atomic mass is 15.1. The highest BCUT2D eigenvalue weighted by molar-refractivity contribution is 5.86. The average Bonchev–Trinajstić information content (AvgIpc) is 2.96. The Morgan fingerprint density at radius 3 is 3.00 bits per heavy atom. The summed E-state index contributed by atoms with van der Waals surface area (Å²) < 4.78 is 0. The molecular weight excluding hydrogens is 222 g/mol. The van der Waals surface area contributed by atoms with Crippen LogP contribution in [0.2, 0.25) is 0 Å². The van der Waals surface area contributed by atoms with Crippen LogP contribution in [0.15, 0.2) is 18.2 Å². The van der Waals surface area contributed by atoms with Crippen LogP contribution in [0.5, 0.6) is 0 Å². The highest BCUT2D eigenvalue weighted by Gasteiger charge is 2.40. The van der Waals surface area contributed by atoms with Crippen molar-refractivity contribution >= 4 is 10.9 Å². The number of hydrogen-bond acceptors (Lipinski definition) is 2. The zero-order chi connectivity index (χ0) is 12.2. The standard InChI is InChI=1S/C15H19N3/c1-10-2-3-13-12(8-10)11-4-6-17-15(14(11)18-13)5-7-16-9-15/h2-3,8,16-18H,4-7,9H2,1H3. The second kappa shape index (κ2) is 3.59. The zero-order valence-electron chi connectivity index (χ0n) is 10.8. The minimum absolute atomic E-state index is 0.153. The van der Waals surface area contributed by atoms with Crippen LogP contribution < -0.4 is 10.6 Å². The lowest BCUT2D eigenvalue weighted by molar-refractivity contribution is 0.339. The van der Waals surface area contributed by atoms with Crippen LogP contribution in [0.4, 0.5) is 0 Å². The Kier molecular flexibility index (Phi) is 2.11. The quantitative estimate of drug-likeness (QED) is 0.658. The lowest BCUT2D eigenvalue weighted by Gasteiger charge is -2.34. The van der Waals surface area contributed by atoms with Crippen molar-refractivity contribution in [1.82, 2.24) is 15.6 Å². The number of aryl methyl sites for hydroxylation is 1. The molecule has 0 saturated carbocycles. The first kappa shape index (κ1) is 10.6. The molecule has 4 rings (SSSR count). The number of hydrogen-bond donors (Lipinski definition) is 3. The van der Waals surface area contributed by atoms with Crippen LogP contribution >= 0.6 is 0 Å². The van der Waals surface area contributed by atoms with Crippen LogP contribution in [0.25, 0.3) is 10.9 Å². The molecular formula is C15H19N3. The largest absolute Gasteiger partial charge is 0.357 e. The van der Waals surface area contributed by atoms with E-state index in [1.54, 1.807) is 0 Å². The maximum Gasteiger partial charge on any atom is 0.0727 e. The van der Waals surface area contributed by atoms with Crippen LogP contribution in [-0.4, -0.2) is 24.6 Å². The predicted molar refractivity (Wildman–Crippen MR) is 73.9 cm³/mol.